The van der Waals surface area contributed by atoms with Crippen molar-refractivity contribution in [2.45, 2.75) is 58.0 Å². The second-order valence-corrected chi connectivity index (χ2v) is 6.51. The highest BCUT2D eigenvalue weighted by Gasteiger charge is 2.28. The maximum atomic E-state index is 12.1. The molecule has 0 aliphatic carbocycles. The molecule has 0 aromatic carbocycles. The maximum absolute atomic E-state index is 12.1. The summed E-state index contributed by atoms with van der Waals surface area (Å²) in [5.74, 6) is -1.95. The van der Waals surface area contributed by atoms with Gasteiger partial charge in [0.1, 0.15) is 12.7 Å². The van der Waals surface area contributed by atoms with Crippen molar-refractivity contribution in [1.29, 1.82) is 0 Å². The second-order valence-electron chi connectivity index (χ2n) is 6.51. The minimum absolute atomic E-state index is 0.00593. The number of alkyl carbamates (subject to hydrolysis) is 1. The number of hydrogen-bond donors (Lipinski definition) is 2. The van der Waals surface area contributed by atoms with Gasteiger partial charge in [0, 0.05) is 0 Å². The van der Waals surface area contributed by atoms with E-state index in [1.165, 1.54) is 13.8 Å². The molecule has 0 saturated carbocycles. The van der Waals surface area contributed by atoms with Gasteiger partial charge < -0.3 is 38.4 Å². The number of nitrogens with zero attached hydrogens (tertiary/aromatic N) is 2. The number of aliphatic hydroxyl groups excluding tert-OH is 1. The first kappa shape index (κ1) is 27.1. The Hall–Kier alpha value is -3.89. The predicted octanol–water partition coefficient (Wildman–Crippen LogP) is 0.0155. The van der Waals surface area contributed by atoms with E-state index < -0.39 is 59.5 Å². The number of aryl methyl sites for hydroxylation is 1. The Morgan fingerprint density at radius 2 is 1.85 bits per heavy atom. The van der Waals surface area contributed by atoms with Crippen molar-refractivity contribution in [3.05, 3.63) is 42.4 Å². The Morgan fingerprint density at radius 3 is 2.39 bits per heavy atom. The van der Waals surface area contributed by atoms with Gasteiger partial charge in [-0.05, 0) is 33.1 Å². The van der Waals surface area contributed by atoms with Crippen LogP contribution in [0.25, 0.3) is 0 Å². The van der Waals surface area contributed by atoms with E-state index in [9.17, 15) is 39.7 Å². The van der Waals surface area contributed by atoms with Crippen LogP contribution in [0.4, 0.5) is 4.79 Å². The summed E-state index contributed by atoms with van der Waals surface area (Å²) in [7, 11) is 0. The largest absolute Gasteiger partial charge is 0.519 e. The fourth-order valence-electron chi connectivity index (χ4n) is 2.35. The molecule has 1 aromatic heterocycles. The standard InChI is InChI=1S/C16H23N3O14/c1-9(20)13(14(21)29-8-12-10(2)31-16(23)32-12)17-15(22)28-6-4-3-5-11(33-19(26)27)7-30-18(24)25/h9,11,13,20H,3-8H2,1-2H3,(H,17,22). The van der Waals surface area contributed by atoms with Crippen LogP contribution in [-0.2, 0) is 30.6 Å². The molecule has 2 N–H and O–H groups in total. The Morgan fingerprint density at radius 1 is 1.15 bits per heavy atom. The highest BCUT2D eigenvalue weighted by molar-refractivity contribution is 5.81. The molecule has 0 aliphatic rings. The summed E-state index contributed by atoms with van der Waals surface area (Å²) in [6, 6.07) is -1.49. The first-order valence-electron chi connectivity index (χ1n) is 9.45. The summed E-state index contributed by atoms with van der Waals surface area (Å²) in [5, 5.41) is 30.2. The van der Waals surface area contributed by atoms with Gasteiger partial charge in [-0.3, -0.25) is 0 Å². The van der Waals surface area contributed by atoms with E-state index in [4.69, 9.17) is 9.47 Å². The van der Waals surface area contributed by atoms with Gasteiger partial charge in [0.05, 0.1) is 12.7 Å². The molecule has 1 heterocycles. The molecule has 1 rings (SSSR count). The SMILES string of the molecule is Cc1oc(=O)oc1COC(=O)C(NC(=O)OCCCCC(CO[N+](=O)[O-])O[N+](=O)[O-])C(C)O. The van der Waals surface area contributed by atoms with Gasteiger partial charge in [-0.15, -0.1) is 20.2 Å². The molecule has 0 saturated heterocycles. The molecule has 3 atom stereocenters. The van der Waals surface area contributed by atoms with Crippen LogP contribution in [0.2, 0.25) is 0 Å². The molecule has 0 radical (unpaired) electrons. The number of nitrogens with one attached hydrogen (secondary N) is 1. The van der Waals surface area contributed by atoms with E-state index >= 15 is 0 Å². The zero-order valence-electron chi connectivity index (χ0n) is 17.6. The summed E-state index contributed by atoms with van der Waals surface area (Å²) in [4.78, 5) is 63.9. The molecule has 3 unspecified atom stereocenters. The number of esters is 1. The number of carbonyl (C=O) groups is 2. The molecule has 1 amide bonds. The molecule has 33 heavy (non-hydrogen) atoms. The fourth-order valence-corrected chi connectivity index (χ4v) is 2.35. The summed E-state index contributed by atoms with van der Waals surface area (Å²) in [6.07, 6.45) is -3.16. The average molecular weight is 481 g/mol. The third kappa shape index (κ3) is 10.8. The van der Waals surface area contributed by atoms with Crippen molar-refractivity contribution in [3.63, 3.8) is 0 Å². The number of aliphatic hydroxyl groups is 1. The third-order valence-corrected chi connectivity index (χ3v) is 3.95. The lowest BCUT2D eigenvalue weighted by Crippen LogP contribution is -2.48. The lowest BCUT2D eigenvalue weighted by Gasteiger charge is -2.19. The zero-order chi connectivity index (χ0) is 25.0. The Bertz CT molecular complexity index is 863. The summed E-state index contributed by atoms with van der Waals surface area (Å²) in [6.45, 7) is 1.35. The number of ether oxygens (including phenoxy) is 2. The molecule has 186 valence electrons. The fraction of sp³-hybridized carbons (Fsp3) is 0.688. The minimum Gasteiger partial charge on any atom is -0.456 e. The number of carbonyl (C=O) groups excluding carboxylic acids is 2. The number of amides is 1. The molecule has 0 fully saturated rings. The van der Waals surface area contributed by atoms with Crippen LogP contribution < -0.4 is 11.1 Å². The molecule has 0 aliphatic heterocycles. The Labute approximate surface area is 184 Å². The molecule has 1 aromatic rings. The normalized spacial score (nSPS) is 13.3. The van der Waals surface area contributed by atoms with Crippen molar-refractivity contribution >= 4 is 12.1 Å². The van der Waals surface area contributed by atoms with Gasteiger partial charge in [-0.1, -0.05) is 0 Å². The zero-order valence-corrected chi connectivity index (χ0v) is 17.6. The van der Waals surface area contributed by atoms with Gasteiger partial charge in [0.15, 0.2) is 24.2 Å². The van der Waals surface area contributed by atoms with Crippen LogP contribution in [0.5, 0.6) is 0 Å². The van der Waals surface area contributed by atoms with Crippen molar-refractivity contribution in [2.75, 3.05) is 13.2 Å². The van der Waals surface area contributed by atoms with Gasteiger partial charge >= 0.3 is 17.9 Å². The minimum atomic E-state index is -1.49. The Balaban J connectivity index is 2.40. The van der Waals surface area contributed by atoms with E-state index in [-0.39, 0.29) is 37.4 Å². The summed E-state index contributed by atoms with van der Waals surface area (Å²) >= 11 is 0. The van der Waals surface area contributed by atoms with E-state index in [0.29, 0.717) is 0 Å². The molecule has 17 nitrogen and oxygen atoms in total. The monoisotopic (exact) mass is 481 g/mol. The van der Waals surface area contributed by atoms with E-state index in [1.807, 2.05) is 0 Å². The van der Waals surface area contributed by atoms with Crippen molar-refractivity contribution < 1.29 is 52.9 Å². The first-order chi connectivity index (χ1) is 15.5. The highest BCUT2D eigenvalue weighted by atomic mass is 17.0. The lowest BCUT2D eigenvalue weighted by molar-refractivity contribution is -0.790. The summed E-state index contributed by atoms with van der Waals surface area (Å²) < 4.78 is 19.0. The quantitative estimate of drug-likeness (QED) is 0.145. The lowest BCUT2D eigenvalue weighted by atomic mass is 10.2. The molecular formula is C16H23N3O14. The van der Waals surface area contributed by atoms with Crippen LogP contribution in [0.15, 0.2) is 13.6 Å². The van der Waals surface area contributed by atoms with Gasteiger partial charge in [-0.2, -0.15) is 0 Å². The van der Waals surface area contributed by atoms with Crippen molar-refractivity contribution in [1.82, 2.24) is 5.32 Å². The predicted molar refractivity (Wildman–Crippen MR) is 100 cm³/mol. The number of hydrogen-bond acceptors (Lipinski definition) is 14. The summed E-state index contributed by atoms with van der Waals surface area (Å²) in [5.41, 5.74) is 0. The van der Waals surface area contributed by atoms with E-state index in [0.717, 1.165) is 0 Å². The van der Waals surface area contributed by atoms with Crippen LogP contribution in [0, 0.1) is 27.2 Å². The molecular weight excluding hydrogens is 458 g/mol. The number of rotatable bonds is 15. The third-order valence-electron chi connectivity index (χ3n) is 3.95. The van der Waals surface area contributed by atoms with Crippen molar-refractivity contribution in [3.8, 4) is 0 Å². The highest BCUT2D eigenvalue weighted by Crippen LogP contribution is 2.09. The van der Waals surface area contributed by atoms with Crippen LogP contribution in [0.3, 0.4) is 0 Å². The van der Waals surface area contributed by atoms with Crippen LogP contribution >= 0.6 is 0 Å². The number of unbranched alkanes of at least 4 members (excludes halogenated alkanes) is 1. The van der Waals surface area contributed by atoms with Crippen LogP contribution in [-0.4, -0.2) is 58.8 Å². The smallest absolute Gasteiger partial charge is 0.456 e. The second kappa shape index (κ2) is 13.5. The average Bonchev–Trinajstić information content (AvgIpc) is 3.04. The first-order valence-corrected chi connectivity index (χ1v) is 9.45. The van der Waals surface area contributed by atoms with Crippen molar-refractivity contribution in [2.24, 2.45) is 0 Å². The van der Waals surface area contributed by atoms with Gasteiger partial charge in [-0.25, -0.2) is 14.4 Å². The maximum Gasteiger partial charge on any atom is 0.519 e. The topological polar surface area (TPSA) is 233 Å². The van der Waals surface area contributed by atoms with Gasteiger partial charge in [0.2, 0.25) is 0 Å². The molecule has 17 heteroatoms. The van der Waals surface area contributed by atoms with Gasteiger partial charge in [0.25, 0.3) is 10.2 Å². The van der Waals surface area contributed by atoms with E-state index in [2.05, 4.69) is 23.8 Å². The Kier molecular flexibility index (Phi) is 11.1. The van der Waals surface area contributed by atoms with Crippen LogP contribution in [0.1, 0.15) is 37.7 Å². The van der Waals surface area contributed by atoms with E-state index in [1.54, 1.807) is 0 Å². The molecule has 0 bridgehead atoms. The molecule has 0 spiro atoms.